The molecule has 108 valence electrons. The summed E-state index contributed by atoms with van der Waals surface area (Å²) in [5, 5.41) is 14.2. The molecule has 0 aromatic heterocycles. The Morgan fingerprint density at radius 3 is 2.68 bits per heavy atom. The van der Waals surface area contributed by atoms with Crippen molar-refractivity contribution in [3.8, 4) is 0 Å². The van der Waals surface area contributed by atoms with Gasteiger partial charge in [0.2, 0.25) is 5.91 Å². The Labute approximate surface area is 116 Å². The van der Waals surface area contributed by atoms with Gasteiger partial charge in [0.05, 0.1) is 5.88 Å². The molecular weight excluding hydrogens is 270 g/mol. The maximum atomic E-state index is 11.8. The molecule has 7 nitrogen and oxygen atoms in total. The van der Waals surface area contributed by atoms with Gasteiger partial charge in [0, 0.05) is 24.8 Å². The number of hydrogen-bond acceptors (Lipinski definition) is 4. The highest BCUT2D eigenvalue weighted by Crippen LogP contribution is 2.20. The molecule has 0 aromatic carbocycles. The predicted octanol–water partition coefficient (Wildman–Crippen LogP) is 0.0702. The van der Waals surface area contributed by atoms with Gasteiger partial charge in [-0.2, -0.15) is 0 Å². The van der Waals surface area contributed by atoms with Crippen LogP contribution in [0.3, 0.4) is 0 Å². The second kappa shape index (κ2) is 7.22. The molecule has 0 radical (unpaired) electrons. The molecule has 0 bridgehead atoms. The first-order valence-electron chi connectivity index (χ1n) is 6.06. The van der Waals surface area contributed by atoms with E-state index in [-0.39, 0.29) is 24.9 Å². The number of amides is 3. The Hall–Kier alpha value is -1.44. The van der Waals surface area contributed by atoms with Crippen LogP contribution in [0, 0.1) is 0 Å². The van der Waals surface area contributed by atoms with Crippen LogP contribution < -0.4 is 10.6 Å². The molecule has 3 amide bonds. The highest BCUT2D eigenvalue weighted by molar-refractivity contribution is 7.99. The summed E-state index contributed by atoms with van der Waals surface area (Å²) in [5.74, 6) is -0.379. The maximum Gasteiger partial charge on any atom is 0.327 e. The van der Waals surface area contributed by atoms with Crippen molar-refractivity contribution in [1.82, 2.24) is 15.5 Å². The standard InChI is InChI=1S/C11H19N3O4S/c1-7(2)13-9(15)3-4-12-11(18)14-6-19-5-8(14)10(16)17/h7-8H,3-6H2,1-2H3,(H,12,18)(H,13,15)(H,16,17). The summed E-state index contributed by atoms with van der Waals surface area (Å²) < 4.78 is 0. The van der Waals surface area contributed by atoms with Crippen molar-refractivity contribution in [3.63, 3.8) is 0 Å². The van der Waals surface area contributed by atoms with Crippen LogP contribution in [0.5, 0.6) is 0 Å². The summed E-state index contributed by atoms with van der Waals surface area (Å²) in [4.78, 5) is 35.3. The molecule has 0 aromatic rings. The van der Waals surface area contributed by atoms with Gasteiger partial charge < -0.3 is 20.6 Å². The first kappa shape index (κ1) is 15.6. The highest BCUT2D eigenvalue weighted by atomic mass is 32.2. The van der Waals surface area contributed by atoms with Crippen LogP contribution in [-0.2, 0) is 9.59 Å². The Morgan fingerprint density at radius 1 is 1.42 bits per heavy atom. The van der Waals surface area contributed by atoms with Crippen molar-refractivity contribution in [1.29, 1.82) is 0 Å². The van der Waals surface area contributed by atoms with Crippen molar-refractivity contribution in [2.24, 2.45) is 0 Å². The van der Waals surface area contributed by atoms with Gasteiger partial charge in [0.25, 0.3) is 0 Å². The van der Waals surface area contributed by atoms with E-state index in [2.05, 4.69) is 10.6 Å². The number of carboxylic acids is 1. The third kappa shape index (κ3) is 4.98. The average Bonchev–Trinajstić information content (AvgIpc) is 2.76. The van der Waals surface area contributed by atoms with E-state index in [0.717, 1.165) is 0 Å². The fourth-order valence-corrected chi connectivity index (χ4v) is 2.77. The van der Waals surface area contributed by atoms with Gasteiger partial charge >= 0.3 is 12.0 Å². The highest BCUT2D eigenvalue weighted by Gasteiger charge is 2.34. The van der Waals surface area contributed by atoms with Gasteiger partial charge in [-0.3, -0.25) is 4.79 Å². The van der Waals surface area contributed by atoms with Crippen molar-refractivity contribution >= 4 is 29.7 Å². The largest absolute Gasteiger partial charge is 0.480 e. The Kier molecular flexibility index (Phi) is 5.94. The van der Waals surface area contributed by atoms with Crippen LogP contribution in [0.25, 0.3) is 0 Å². The first-order chi connectivity index (χ1) is 8.91. The molecule has 1 rings (SSSR count). The number of nitrogens with one attached hydrogen (secondary N) is 2. The molecule has 1 aliphatic rings. The van der Waals surface area contributed by atoms with E-state index in [4.69, 9.17) is 5.11 Å². The lowest BCUT2D eigenvalue weighted by atomic mass is 10.3. The molecule has 1 fully saturated rings. The Balaban J connectivity index is 2.31. The number of urea groups is 1. The summed E-state index contributed by atoms with van der Waals surface area (Å²) in [6, 6.07) is -1.15. The lowest BCUT2D eigenvalue weighted by molar-refractivity contribution is -0.140. The summed E-state index contributed by atoms with van der Waals surface area (Å²) >= 11 is 1.40. The molecule has 0 aliphatic carbocycles. The molecule has 1 atom stereocenters. The number of thioether (sulfide) groups is 1. The van der Waals surface area contributed by atoms with Crippen molar-refractivity contribution in [2.75, 3.05) is 18.2 Å². The second-order valence-electron chi connectivity index (χ2n) is 4.53. The first-order valence-corrected chi connectivity index (χ1v) is 7.21. The van der Waals surface area contributed by atoms with E-state index < -0.39 is 18.0 Å². The monoisotopic (exact) mass is 289 g/mol. The van der Waals surface area contributed by atoms with Gasteiger partial charge in [0.1, 0.15) is 6.04 Å². The summed E-state index contributed by atoms with van der Waals surface area (Å²) in [6.07, 6.45) is 0.183. The van der Waals surface area contributed by atoms with E-state index in [0.29, 0.717) is 11.6 Å². The molecule has 1 unspecified atom stereocenters. The lowest BCUT2D eigenvalue weighted by Gasteiger charge is -2.20. The Bertz CT molecular complexity index is 362. The van der Waals surface area contributed by atoms with Gasteiger partial charge in [0.15, 0.2) is 0 Å². The van der Waals surface area contributed by atoms with Crippen LogP contribution in [0.15, 0.2) is 0 Å². The third-order valence-electron chi connectivity index (χ3n) is 2.51. The van der Waals surface area contributed by atoms with Crippen molar-refractivity contribution in [2.45, 2.75) is 32.4 Å². The van der Waals surface area contributed by atoms with E-state index in [1.165, 1.54) is 16.7 Å². The maximum absolute atomic E-state index is 11.8. The van der Waals surface area contributed by atoms with Crippen LogP contribution in [0.1, 0.15) is 20.3 Å². The second-order valence-corrected chi connectivity index (χ2v) is 5.53. The third-order valence-corrected chi connectivity index (χ3v) is 3.52. The predicted molar refractivity (Wildman–Crippen MR) is 71.9 cm³/mol. The number of aliphatic carboxylic acids is 1. The van der Waals surface area contributed by atoms with E-state index >= 15 is 0 Å². The molecule has 1 heterocycles. The zero-order chi connectivity index (χ0) is 14.4. The van der Waals surface area contributed by atoms with Crippen LogP contribution in [-0.4, -0.2) is 58.2 Å². The zero-order valence-electron chi connectivity index (χ0n) is 11.0. The smallest absolute Gasteiger partial charge is 0.327 e. The van der Waals surface area contributed by atoms with E-state index in [1.807, 2.05) is 13.8 Å². The number of carboxylic acid groups (broad SMARTS) is 1. The normalized spacial score (nSPS) is 18.5. The SMILES string of the molecule is CC(C)NC(=O)CCNC(=O)N1CSCC1C(=O)O. The van der Waals surface area contributed by atoms with Crippen molar-refractivity contribution < 1.29 is 19.5 Å². The fraction of sp³-hybridized carbons (Fsp3) is 0.727. The van der Waals surface area contributed by atoms with Gasteiger partial charge in [-0.15, -0.1) is 11.8 Å². The average molecular weight is 289 g/mol. The molecule has 8 heteroatoms. The topological polar surface area (TPSA) is 98.7 Å². The minimum Gasteiger partial charge on any atom is -0.480 e. The van der Waals surface area contributed by atoms with Crippen LogP contribution >= 0.6 is 11.8 Å². The van der Waals surface area contributed by atoms with Crippen LogP contribution in [0.4, 0.5) is 4.79 Å². The number of carbonyl (C=O) groups is 3. The molecule has 0 spiro atoms. The van der Waals surface area contributed by atoms with Crippen molar-refractivity contribution in [3.05, 3.63) is 0 Å². The summed E-state index contributed by atoms with van der Waals surface area (Å²) in [7, 11) is 0. The van der Waals surface area contributed by atoms with Gasteiger partial charge in [-0.05, 0) is 13.8 Å². The zero-order valence-corrected chi connectivity index (χ0v) is 11.8. The number of carbonyl (C=O) groups excluding carboxylic acids is 2. The minimum atomic E-state index is -1.00. The quantitative estimate of drug-likeness (QED) is 0.665. The molecule has 19 heavy (non-hydrogen) atoms. The molecular formula is C11H19N3O4S. The fourth-order valence-electron chi connectivity index (χ4n) is 1.63. The summed E-state index contributed by atoms with van der Waals surface area (Å²) in [5.41, 5.74) is 0. The summed E-state index contributed by atoms with van der Waals surface area (Å²) in [6.45, 7) is 3.91. The molecule has 1 saturated heterocycles. The van der Waals surface area contributed by atoms with E-state index in [9.17, 15) is 14.4 Å². The van der Waals surface area contributed by atoms with E-state index in [1.54, 1.807) is 0 Å². The molecule has 0 saturated carbocycles. The number of hydrogen-bond donors (Lipinski definition) is 3. The lowest BCUT2D eigenvalue weighted by Crippen LogP contribution is -2.47. The number of rotatable bonds is 5. The van der Waals surface area contributed by atoms with Crippen LogP contribution in [0.2, 0.25) is 0 Å². The van der Waals surface area contributed by atoms with Gasteiger partial charge in [-0.1, -0.05) is 0 Å². The molecule has 3 N–H and O–H groups in total. The Morgan fingerprint density at radius 2 is 2.11 bits per heavy atom. The van der Waals surface area contributed by atoms with Gasteiger partial charge in [-0.25, -0.2) is 9.59 Å². The molecule has 1 aliphatic heterocycles. The number of nitrogens with zero attached hydrogens (tertiary/aromatic N) is 1. The minimum absolute atomic E-state index is 0.0644.